The van der Waals surface area contributed by atoms with Gasteiger partial charge in [0.2, 0.25) is 0 Å². The monoisotopic (exact) mass is 347 g/mol. The molecule has 0 N–H and O–H groups in total. The lowest BCUT2D eigenvalue weighted by Gasteiger charge is -1.93. The van der Waals surface area contributed by atoms with Gasteiger partial charge in [0.05, 0.1) is 7.14 Å². The lowest BCUT2D eigenvalue weighted by Crippen LogP contribution is -1.84. The molecular weight excluding hydrogens is 345 g/mol. The highest BCUT2D eigenvalue weighted by Crippen LogP contribution is 2.15. The molecule has 1 radical (unpaired) electrons. The minimum Gasteiger partial charge on any atom is -0.205 e. The molecule has 1 aromatic carbocycles. The van der Waals surface area contributed by atoms with Crippen molar-refractivity contribution < 1.29 is 4.39 Å². The number of halogens is 3. The molecule has 0 amide bonds. The number of hydrogen-bond acceptors (Lipinski definition) is 0. The molecule has 0 aliphatic rings. The van der Waals surface area contributed by atoms with Gasteiger partial charge in [-0.05, 0) is 63.4 Å². The number of benzene rings is 1. The molecule has 1 rings (SSSR count). The van der Waals surface area contributed by atoms with Crippen molar-refractivity contribution in [3.63, 3.8) is 0 Å². The highest BCUT2D eigenvalue weighted by molar-refractivity contribution is 14.1. The van der Waals surface area contributed by atoms with Crippen molar-refractivity contribution in [2.24, 2.45) is 0 Å². The van der Waals surface area contributed by atoms with E-state index in [1.807, 2.05) is 45.2 Å². The summed E-state index contributed by atoms with van der Waals surface area (Å²) in [6.07, 6.45) is 0. The van der Waals surface area contributed by atoms with Gasteiger partial charge in [-0.3, -0.25) is 0 Å². The highest BCUT2D eigenvalue weighted by Gasteiger charge is 2.00. The third-order valence-electron chi connectivity index (χ3n) is 0.839. The Hall–Kier alpha value is 0.610. The van der Waals surface area contributed by atoms with Gasteiger partial charge in [-0.1, -0.05) is 0 Å². The highest BCUT2D eigenvalue weighted by atomic mass is 127. The van der Waals surface area contributed by atoms with Gasteiger partial charge in [-0.15, -0.1) is 0 Å². The van der Waals surface area contributed by atoms with Crippen LogP contribution in [0.5, 0.6) is 0 Å². The van der Waals surface area contributed by atoms with Crippen LogP contribution in [-0.2, 0) is 0 Å². The molecule has 0 bridgehead atoms. The van der Waals surface area contributed by atoms with E-state index in [0.717, 1.165) is 0 Å². The molecule has 0 aliphatic carbocycles. The van der Waals surface area contributed by atoms with Crippen molar-refractivity contribution in [1.29, 1.82) is 0 Å². The minimum absolute atomic E-state index is 0.144. The predicted molar refractivity (Wildman–Crippen MR) is 50.7 cm³/mol. The normalized spacial score (nSPS) is 9.67. The molecule has 0 fully saturated rings. The molecule has 0 aromatic heterocycles. The Morgan fingerprint density at radius 2 is 1.67 bits per heavy atom. The predicted octanol–water partition coefficient (Wildman–Crippen LogP) is 2.84. The van der Waals surface area contributed by atoms with Crippen molar-refractivity contribution in [2.45, 2.75) is 0 Å². The van der Waals surface area contributed by atoms with Crippen LogP contribution in [0.15, 0.2) is 12.1 Å². The van der Waals surface area contributed by atoms with E-state index >= 15 is 0 Å². The fourth-order valence-electron chi connectivity index (χ4n) is 0.429. The fourth-order valence-corrected chi connectivity index (χ4v) is 1.89. The van der Waals surface area contributed by atoms with Gasteiger partial charge < -0.3 is 0 Å². The molecule has 47 valence electrons. The van der Waals surface area contributed by atoms with Crippen LogP contribution >= 0.6 is 45.2 Å². The summed E-state index contributed by atoms with van der Waals surface area (Å²) in [5, 5.41) is 0. The second-order valence-electron chi connectivity index (χ2n) is 1.47. The summed E-state index contributed by atoms with van der Waals surface area (Å²) in [5.41, 5.74) is 0. The first-order chi connectivity index (χ1) is 4.22. The van der Waals surface area contributed by atoms with E-state index in [-0.39, 0.29) is 5.82 Å². The van der Waals surface area contributed by atoms with Crippen molar-refractivity contribution in [3.05, 3.63) is 31.2 Å². The second kappa shape index (κ2) is 3.14. The van der Waals surface area contributed by atoms with Crippen molar-refractivity contribution in [3.8, 4) is 0 Å². The molecule has 0 saturated carbocycles. The Balaban J connectivity index is 3.25. The van der Waals surface area contributed by atoms with Crippen molar-refractivity contribution in [2.75, 3.05) is 0 Å². The van der Waals surface area contributed by atoms with Gasteiger partial charge in [0, 0.05) is 0 Å². The first-order valence-corrected chi connectivity index (χ1v) is 4.38. The SMILES string of the molecule is Fc1c(I)c[c]cc1I. The van der Waals surface area contributed by atoms with E-state index < -0.39 is 0 Å². The molecule has 0 saturated heterocycles. The molecular formula is C6H2FI2. The van der Waals surface area contributed by atoms with Gasteiger partial charge >= 0.3 is 0 Å². The minimum atomic E-state index is -0.144. The quantitative estimate of drug-likeness (QED) is 0.500. The Kier molecular flexibility index (Phi) is 2.69. The zero-order valence-corrected chi connectivity index (χ0v) is 8.60. The summed E-state index contributed by atoms with van der Waals surface area (Å²) in [7, 11) is 0. The molecule has 0 aliphatic heterocycles. The van der Waals surface area contributed by atoms with E-state index in [0.29, 0.717) is 7.14 Å². The second-order valence-corrected chi connectivity index (χ2v) is 3.79. The largest absolute Gasteiger partial charge is 0.205 e. The zero-order chi connectivity index (χ0) is 6.85. The van der Waals surface area contributed by atoms with E-state index in [2.05, 4.69) is 6.07 Å². The Morgan fingerprint density at radius 3 is 2.00 bits per heavy atom. The Bertz CT molecular complexity index is 202. The molecule has 0 spiro atoms. The van der Waals surface area contributed by atoms with Crippen LogP contribution in [0.4, 0.5) is 4.39 Å². The van der Waals surface area contributed by atoms with Crippen LogP contribution < -0.4 is 0 Å². The van der Waals surface area contributed by atoms with Gasteiger partial charge in [0.25, 0.3) is 0 Å². The van der Waals surface area contributed by atoms with Crippen LogP contribution in [0.2, 0.25) is 0 Å². The van der Waals surface area contributed by atoms with E-state index in [9.17, 15) is 4.39 Å². The Morgan fingerprint density at radius 1 is 1.22 bits per heavy atom. The third-order valence-corrected chi connectivity index (χ3v) is 2.41. The molecule has 0 heterocycles. The summed E-state index contributed by atoms with van der Waals surface area (Å²) in [4.78, 5) is 0. The van der Waals surface area contributed by atoms with E-state index in [1.54, 1.807) is 12.1 Å². The van der Waals surface area contributed by atoms with Crippen LogP contribution in [0.25, 0.3) is 0 Å². The summed E-state index contributed by atoms with van der Waals surface area (Å²) >= 11 is 3.88. The van der Waals surface area contributed by atoms with Crippen LogP contribution in [0.1, 0.15) is 0 Å². The topological polar surface area (TPSA) is 0 Å². The smallest absolute Gasteiger partial charge is 0.149 e. The standard InChI is InChI=1S/C6H2FI2/c7-6-4(8)2-1-3-5(6)9/h2-3H. The average molecular weight is 347 g/mol. The summed E-state index contributed by atoms with van der Waals surface area (Å²) < 4.78 is 13.9. The molecule has 9 heavy (non-hydrogen) atoms. The molecule has 3 heteroatoms. The first-order valence-electron chi connectivity index (χ1n) is 2.22. The summed E-state index contributed by atoms with van der Waals surface area (Å²) in [6.45, 7) is 0. The number of rotatable bonds is 0. The molecule has 1 aromatic rings. The summed E-state index contributed by atoms with van der Waals surface area (Å²) in [6, 6.07) is 6.06. The Labute approximate surface area is 80.1 Å². The van der Waals surface area contributed by atoms with Crippen LogP contribution in [0, 0.1) is 19.0 Å². The van der Waals surface area contributed by atoms with Gasteiger partial charge in [-0.25, -0.2) is 4.39 Å². The lowest BCUT2D eigenvalue weighted by atomic mass is 10.4. The first kappa shape index (κ1) is 7.71. The number of hydrogen-bond donors (Lipinski definition) is 0. The fraction of sp³-hybridized carbons (Fsp3) is 0. The maximum atomic E-state index is 12.7. The maximum absolute atomic E-state index is 12.7. The van der Waals surface area contributed by atoms with E-state index in [1.165, 1.54) is 0 Å². The van der Waals surface area contributed by atoms with Crippen LogP contribution in [-0.4, -0.2) is 0 Å². The lowest BCUT2D eigenvalue weighted by molar-refractivity contribution is 0.612. The van der Waals surface area contributed by atoms with Gasteiger partial charge in [0.15, 0.2) is 0 Å². The van der Waals surface area contributed by atoms with Crippen molar-refractivity contribution >= 4 is 45.2 Å². The zero-order valence-electron chi connectivity index (χ0n) is 4.29. The van der Waals surface area contributed by atoms with Gasteiger partial charge in [-0.2, -0.15) is 0 Å². The molecule has 0 atom stereocenters. The van der Waals surface area contributed by atoms with Crippen LogP contribution in [0.3, 0.4) is 0 Å². The molecule has 0 unspecified atom stereocenters. The third kappa shape index (κ3) is 1.76. The molecule has 0 nitrogen and oxygen atoms in total. The average Bonchev–Trinajstić information content (AvgIpc) is 1.83. The maximum Gasteiger partial charge on any atom is 0.149 e. The van der Waals surface area contributed by atoms with Gasteiger partial charge in [0.1, 0.15) is 5.82 Å². The summed E-state index contributed by atoms with van der Waals surface area (Å²) in [5.74, 6) is -0.144. The van der Waals surface area contributed by atoms with Crippen molar-refractivity contribution in [1.82, 2.24) is 0 Å². The van der Waals surface area contributed by atoms with E-state index in [4.69, 9.17) is 0 Å².